The number of carbonyl (C=O) groups excluding carboxylic acids is 1. The highest BCUT2D eigenvalue weighted by Gasteiger charge is 2.17. The summed E-state index contributed by atoms with van der Waals surface area (Å²) >= 11 is 5.71. The minimum Gasteiger partial charge on any atom is -0.352 e. The van der Waals surface area contributed by atoms with Crippen molar-refractivity contribution in [2.45, 2.75) is 32.9 Å². The molecule has 21 heavy (non-hydrogen) atoms. The van der Waals surface area contributed by atoms with Crippen LogP contribution in [0, 0.1) is 11.6 Å². The fourth-order valence-electron chi connectivity index (χ4n) is 2.16. The fourth-order valence-corrected chi connectivity index (χ4v) is 2.33. The van der Waals surface area contributed by atoms with Crippen LogP contribution in [0.25, 0.3) is 11.0 Å². The highest BCUT2D eigenvalue weighted by atomic mass is 35.5. The molecule has 7 heteroatoms. The summed E-state index contributed by atoms with van der Waals surface area (Å²) in [6, 6.07) is 1.93. The molecule has 0 saturated carbocycles. The van der Waals surface area contributed by atoms with Crippen molar-refractivity contribution in [2.24, 2.45) is 0 Å². The van der Waals surface area contributed by atoms with Crippen LogP contribution in [0.15, 0.2) is 12.1 Å². The quantitative estimate of drug-likeness (QED) is 0.862. The summed E-state index contributed by atoms with van der Waals surface area (Å²) in [5.41, 5.74) is 0.306. The van der Waals surface area contributed by atoms with Crippen molar-refractivity contribution in [1.29, 1.82) is 0 Å². The number of amides is 1. The number of aryl methyl sites for hydroxylation is 1. The Bertz CT molecular complexity index is 670. The van der Waals surface area contributed by atoms with E-state index in [9.17, 15) is 13.6 Å². The van der Waals surface area contributed by atoms with Gasteiger partial charge in [0.05, 0.1) is 5.52 Å². The standard InChI is InChI=1S/C14H16ClF2N3O/c1-8(2)18-13(21)7-20-11-6-9(16)5-10(17)14(11)19-12(20)3-4-15/h5-6,8H,3-4,7H2,1-2H3,(H,18,21). The average molecular weight is 316 g/mol. The van der Waals surface area contributed by atoms with Crippen LogP contribution in [0.3, 0.4) is 0 Å². The molecule has 0 aliphatic heterocycles. The van der Waals surface area contributed by atoms with Crippen LogP contribution >= 0.6 is 11.6 Å². The monoisotopic (exact) mass is 315 g/mol. The van der Waals surface area contributed by atoms with Crippen LogP contribution in [0.2, 0.25) is 0 Å². The molecule has 0 aliphatic carbocycles. The molecular weight excluding hydrogens is 300 g/mol. The molecule has 0 saturated heterocycles. The first-order valence-corrected chi connectivity index (χ1v) is 7.15. The third kappa shape index (κ3) is 3.50. The van der Waals surface area contributed by atoms with Gasteiger partial charge < -0.3 is 9.88 Å². The largest absolute Gasteiger partial charge is 0.352 e. The van der Waals surface area contributed by atoms with Crippen molar-refractivity contribution in [3.63, 3.8) is 0 Å². The first kappa shape index (κ1) is 15.7. The van der Waals surface area contributed by atoms with Crippen LogP contribution in [-0.4, -0.2) is 27.4 Å². The number of nitrogens with one attached hydrogen (secondary N) is 1. The molecule has 0 spiro atoms. The van der Waals surface area contributed by atoms with Crippen LogP contribution in [0.4, 0.5) is 8.78 Å². The summed E-state index contributed by atoms with van der Waals surface area (Å²) in [5.74, 6) is -0.959. The Hall–Kier alpha value is -1.69. The predicted octanol–water partition coefficient (Wildman–Crippen LogP) is 2.62. The number of aromatic nitrogens is 2. The molecule has 2 aromatic rings. The second-order valence-corrected chi connectivity index (χ2v) is 5.41. The number of alkyl halides is 1. The number of hydrogen-bond acceptors (Lipinski definition) is 2. The topological polar surface area (TPSA) is 46.9 Å². The number of benzene rings is 1. The van der Waals surface area contributed by atoms with Crippen LogP contribution in [-0.2, 0) is 17.8 Å². The Morgan fingerprint density at radius 3 is 2.76 bits per heavy atom. The lowest BCUT2D eigenvalue weighted by atomic mass is 10.3. The van der Waals surface area contributed by atoms with Gasteiger partial charge in [0.2, 0.25) is 5.91 Å². The van der Waals surface area contributed by atoms with E-state index in [0.29, 0.717) is 12.2 Å². The summed E-state index contributed by atoms with van der Waals surface area (Å²) in [7, 11) is 0. The number of hydrogen-bond donors (Lipinski definition) is 1. The lowest BCUT2D eigenvalue weighted by Crippen LogP contribution is -2.33. The third-order valence-corrected chi connectivity index (χ3v) is 3.11. The van der Waals surface area contributed by atoms with Gasteiger partial charge in [-0.15, -0.1) is 11.6 Å². The molecule has 4 nitrogen and oxygen atoms in total. The second kappa shape index (κ2) is 6.39. The van der Waals surface area contributed by atoms with Crippen molar-refractivity contribution >= 4 is 28.5 Å². The summed E-state index contributed by atoms with van der Waals surface area (Å²) in [6.07, 6.45) is 0.367. The molecule has 1 heterocycles. The van der Waals surface area contributed by atoms with Gasteiger partial charge in [0.25, 0.3) is 0 Å². The normalized spacial score (nSPS) is 11.3. The van der Waals surface area contributed by atoms with Crippen molar-refractivity contribution < 1.29 is 13.6 Å². The lowest BCUT2D eigenvalue weighted by molar-refractivity contribution is -0.122. The molecule has 0 radical (unpaired) electrons. The Morgan fingerprint density at radius 1 is 1.43 bits per heavy atom. The Morgan fingerprint density at radius 2 is 2.14 bits per heavy atom. The number of rotatable bonds is 5. The molecule has 0 unspecified atom stereocenters. The lowest BCUT2D eigenvalue weighted by Gasteiger charge is -2.11. The summed E-state index contributed by atoms with van der Waals surface area (Å²) < 4.78 is 28.7. The summed E-state index contributed by atoms with van der Waals surface area (Å²) in [5, 5.41) is 2.74. The Kier molecular flexibility index (Phi) is 4.77. The van der Waals surface area contributed by atoms with E-state index in [1.807, 2.05) is 13.8 Å². The van der Waals surface area contributed by atoms with Crippen molar-refractivity contribution in [1.82, 2.24) is 14.9 Å². The molecule has 0 atom stereocenters. The SMILES string of the molecule is CC(C)NC(=O)Cn1c(CCCl)nc2c(F)cc(F)cc21. The minimum atomic E-state index is -0.746. The smallest absolute Gasteiger partial charge is 0.240 e. The molecule has 1 N–H and O–H groups in total. The molecule has 0 fully saturated rings. The first-order valence-electron chi connectivity index (χ1n) is 6.62. The van der Waals surface area contributed by atoms with E-state index in [1.54, 1.807) is 0 Å². The molecule has 1 aromatic carbocycles. The maximum absolute atomic E-state index is 13.8. The second-order valence-electron chi connectivity index (χ2n) is 5.03. The summed E-state index contributed by atoms with van der Waals surface area (Å²) in [6.45, 7) is 3.62. The van der Waals surface area contributed by atoms with Gasteiger partial charge in [-0.3, -0.25) is 4.79 Å². The maximum Gasteiger partial charge on any atom is 0.240 e. The number of carbonyl (C=O) groups is 1. The molecule has 1 amide bonds. The van der Waals surface area contributed by atoms with Crippen molar-refractivity contribution in [3.05, 3.63) is 29.6 Å². The van der Waals surface area contributed by atoms with E-state index in [-0.39, 0.29) is 35.4 Å². The molecule has 114 valence electrons. The predicted molar refractivity (Wildman–Crippen MR) is 77.4 cm³/mol. The zero-order valence-corrected chi connectivity index (χ0v) is 12.5. The number of imidazole rings is 1. The highest BCUT2D eigenvalue weighted by Crippen LogP contribution is 2.21. The van der Waals surface area contributed by atoms with Gasteiger partial charge in [0.1, 0.15) is 23.7 Å². The molecule has 0 aliphatic rings. The van der Waals surface area contributed by atoms with Gasteiger partial charge in [0, 0.05) is 24.4 Å². The van der Waals surface area contributed by atoms with Gasteiger partial charge in [-0.1, -0.05) is 0 Å². The number of halogens is 3. The van der Waals surface area contributed by atoms with Crippen LogP contribution in [0.1, 0.15) is 19.7 Å². The minimum absolute atomic E-state index is 0.0164. The van der Waals surface area contributed by atoms with Crippen LogP contribution in [0.5, 0.6) is 0 Å². The molecule has 0 bridgehead atoms. The van der Waals surface area contributed by atoms with E-state index in [2.05, 4.69) is 10.3 Å². The van der Waals surface area contributed by atoms with Gasteiger partial charge in [-0.2, -0.15) is 0 Å². The van der Waals surface area contributed by atoms with Gasteiger partial charge in [-0.25, -0.2) is 13.8 Å². The van der Waals surface area contributed by atoms with Gasteiger partial charge in [0.15, 0.2) is 5.82 Å². The van der Waals surface area contributed by atoms with E-state index < -0.39 is 11.6 Å². The summed E-state index contributed by atoms with van der Waals surface area (Å²) in [4.78, 5) is 16.0. The zero-order chi connectivity index (χ0) is 15.6. The Balaban J connectivity index is 2.48. The van der Waals surface area contributed by atoms with E-state index in [4.69, 9.17) is 11.6 Å². The average Bonchev–Trinajstić information content (AvgIpc) is 2.68. The fraction of sp³-hybridized carbons (Fsp3) is 0.429. The van der Waals surface area contributed by atoms with Crippen molar-refractivity contribution in [2.75, 3.05) is 5.88 Å². The van der Waals surface area contributed by atoms with E-state index in [1.165, 1.54) is 10.6 Å². The van der Waals surface area contributed by atoms with E-state index >= 15 is 0 Å². The zero-order valence-electron chi connectivity index (χ0n) is 11.8. The molecule has 2 rings (SSSR count). The molecule has 1 aromatic heterocycles. The number of nitrogens with zero attached hydrogens (tertiary/aromatic N) is 2. The highest BCUT2D eigenvalue weighted by molar-refractivity contribution is 6.17. The first-order chi connectivity index (χ1) is 9.92. The van der Waals surface area contributed by atoms with E-state index in [0.717, 1.165) is 6.07 Å². The third-order valence-electron chi connectivity index (χ3n) is 2.92. The van der Waals surface area contributed by atoms with Crippen molar-refractivity contribution in [3.8, 4) is 0 Å². The van der Waals surface area contributed by atoms with Gasteiger partial charge >= 0.3 is 0 Å². The maximum atomic E-state index is 13.8. The van der Waals surface area contributed by atoms with Crippen LogP contribution < -0.4 is 5.32 Å². The Labute approximate surface area is 126 Å². The van der Waals surface area contributed by atoms with Gasteiger partial charge in [-0.05, 0) is 19.9 Å². The number of fused-ring (bicyclic) bond motifs is 1. The molecular formula is C14H16ClF2N3O.